The van der Waals surface area contributed by atoms with Gasteiger partial charge in [-0.15, -0.1) is 11.3 Å². The number of benzene rings is 2. The molecule has 7 rings (SSSR count). The number of rotatable bonds is 9. The quantitative estimate of drug-likeness (QED) is 0.227. The number of fused-ring (bicyclic) bond motifs is 2. The normalized spacial score (nSPS) is 16.2. The molecule has 12 heteroatoms. The van der Waals surface area contributed by atoms with Crippen LogP contribution in [0.5, 0.6) is 0 Å². The Bertz CT molecular complexity index is 1910. The van der Waals surface area contributed by atoms with Gasteiger partial charge in [-0.3, -0.25) is 19.6 Å². The number of nitrogens with zero attached hydrogens (tertiary/aromatic N) is 6. The Hall–Kier alpha value is -4.52. The average molecular weight is 640 g/mol. The van der Waals surface area contributed by atoms with Crippen molar-refractivity contribution in [1.82, 2.24) is 30.0 Å². The molecule has 0 radical (unpaired) electrons. The molecule has 2 aromatic carbocycles. The Morgan fingerprint density at radius 1 is 0.978 bits per heavy atom. The van der Waals surface area contributed by atoms with Crippen LogP contribution in [0.25, 0.3) is 38.6 Å². The van der Waals surface area contributed by atoms with E-state index in [9.17, 15) is 14.0 Å². The Labute approximate surface area is 269 Å². The van der Waals surface area contributed by atoms with Crippen LogP contribution >= 0.6 is 11.3 Å². The van der Waals surface area contributed by atoms with Crippen molar-refractivity contribution in [3.05, 3.63) is 77.1 Å². The van der Waals surface area contributed by atoms with E-state index in [0.717, 1.165) is 65.2 Å². The lowest BCUT2D eigenvalue weighted by Crippen LogP contribution is -2.48. The molecule has 2 fully saturated rings. The van der Waals surface area contributed by atoms with E-state index < -0.39 is 0 Å². The molecule has 0 atom stereocenters. The van der Waals surface area contributed by atoms with Crippen molar-refractivity contribution in [2.75, 3.05) is 57.4 Å². The van der Waals surface area contributed by atoms with Gasteiger partial charge in [-0.2, -0.15) is 5.10 Å². The van der Waals surface area contributed by atoms with Crippen LogP contribution in [0.2, 0.25) is 0 Å². The van der Waals surface area contributed by atoms with Gasteiger partial charge in [-0.05, 0) is 30.4 Å². The molecular weight excluding hydrogens is 605 g/mol. The van der Waals surface area contributed by atoms with Gasteiger partial charge in [0.15, 0.2) is 17.4 Å². The third-order valence-corrected chi connectivity index (χ3v) is 9.59. The van der Waals surface area contributed by atoms with Crippen LogP contribution in [-0.4, -0.2) is 94.1 Å². The zero-order chi connectivity index (χ0) is 31.5. The smallest absolute Gasteiger partial charge is 0.223 e. The van der Waals surface area contributed by atoms with Gasteiger partial charge < -0.3 is 14.5 Å². The van der Waals surface area contributed by atoms with Crippen molar-refractivity contribution < 1.29 is 18.7 Å². The summed E-state index contributed by atoms with van der Waals surface area (Å²) in [5.74, 6) is 1.02. The molecule has 0 spiro atoms. The highest BCUT2D eigenvalue weighted by Gasteiger charge is 2.24. The van der Waals surface area contributed by atoms with Crippen LogP contribution < -0.4 is 4.90 Å². The molecule has 10 nitrogen and oxygen atoms in total. The lowest BCUT2D eigenvalue weighted by molar-refractivity contribution is -0.134. The Morgan fingerprint density at radius 2 is 1.80 bits per heavy atom. The van der Waals surface area contributed by atoms with Crippen LogP contribution in [0.1, 0.15) is 23.3 Å². The summed E-state index contributed by atoms with van der Waals surface area (Å²) in [5.41, 5.74) is 3.17. The van der Waals surface area contributed by atoms with E-state index in [-0.39, 0.29) is 30.3 Å². The third kappa shape index (κ3) is 6.55. The number of piperazine rings is 1. The van der Waals surface area contributed by atoms with Crippen LogP contribution in [0.4, 0.5) is 10.2 Å². The van der Waals surface area contributed by atoms with Crippen molar-refractivity contribution in [3.8, 4) is 11.4 Å². The van der Waals surface area contributed by atoms with Gasteiger partial charge in [0.2, 0.25) is 5.91 Å². The molecular formula is C34H34FN7O3S. The number of ketones is 1. The molecule has 1 amide bonds. The number of ether oxygens (including phenoxy) is 1. The summed E-state index contributed by atoms with van der Waals surface area (Å²) in [5, 5.41) is 8.25. The van der Waals surface area contributed by atoms with Crippen LogP contribution in [0.15, 0.2) is 60.8 Å². The largest absolute Gasteiger partial charge is 0.378 e. The van der Waals surface area contributed by atoms with E-state index in [2.05, 4.69) is 26.1 Å². The van der Waals surface area contributed by atoms with E-state index in [1.54, 1.807) is 29.5 Å². The second-order valence-corrected chi connectivity index (χ2v) is 12.6. The molecule has 2 saturated heterocycles. The molecule has 46 heavy (non-hydrogen) atoms. The van der Waals surface area contributed by atoms with Gasteiger partial charge in [-0.25, -0.2) is 14.4 Å². The molecule has 0 unspecified atom stereocenters. The second kappa shape index (κ2) is 13.5. The molecule has 0 bridgehead atoms. The number of amides is 1. The van der Waals surface area contributed by atoms with Gasteiger partial charge in [0.25, 0.3) is 0 Å². The molecule has 1 N–H and O–H groups in total. The summed E-state index contributed by atoms with van der Waals surface area (Å²) in [6, 6.07) is 14.5. The Morgan fingerprint density at radius 3 is 2.63 bits per heavy atom. The van der Waals surface area contributed by atoms with Gasteiger partial charge >= 0.3 is 0 Å². The predicted molar refractivity (Wildman–Crippen MR) is 177 cm³/mol. The first kappa shape index (κ1) is 30.2. The summed E-state index contributed by atoms with van der Waals surface area (Å²) in [7, 11) is 0. The van der Waals surface area contributed by atoms with Crippen molar-refractivity contribution >= 4 is 56.0 Å². The Balaban J connectivity index is 1.00. The molecule has 3 aromatic heterocycles. The lowest BCUT2D eigenvalue weighted by atomic mass is 10.1. The number of allylic oxidation sites excluding steroid dienone is 1. The van der Waals surface area contributed by atoms with Crippen molar-refractivity contribution in [3.63, 3.8) is 0 Å². The Kier molecular flexibility index (Phi) is 8.82. The fourth-order valence-corrected chi connectivity index (χ4v) is 7.11. The number of carbonyl (C=O) groups excluding carboxylic acids is 2. The van der Waals surface area contributed by atoms with Gasteiger partial charge in [0, 0.05) is 80.0 Å². The first-order chi connectivity index (χ1) is 22.5. The van der Waals surface area contributed by atoms with Crippen molar-refractivity contribution in [1.29, 1.82) is 0 Å². The van der Waals surface area contributed by atoms with E-state index in [0.29, 0.717) is 37.7 Å². The summed E-state index contributed by atoms with van der Waals surface area (Å²) in [6.45, 7) is 6.36. The minimum absolute atomic E-state index is 0.0280. The molecule has 5 aromatic rings. The molecule has 0 aliphatic carbocycles. The number of hydrogen-bond acceptors (Lipinski definition) is 9. The molecule has 236 valence electrons. The summed E-state index contributed by atoms with van der Waals surface area (Å²) < 4.78 is 20.5. The summed E-state index contributed by atoms with van der Waals surface area (Å²) in [6.07, 6.45) is 4.89. The van der Waals surface area contributed by atoms with Gasteiger partial charge in [0.05, 0.1) is 35.1 Å². The van der Waals surface area contributed by atoms with E-state index in [1.165, 1.54) is 23.1 Å². The number of hydrogen-bond donors (Lipinski definition) is 1. The molecule has 0 saturated carbocycles. The van der Waals surface area contributed by atoms with Gasteiger partial charge in [-0.1, -0.05) is 30.3 Å². The average Bonchev–Trinajstić information content (AvgIpc) is 3.74. The van der Waals surface area contributed by atoms with E-state index in [4.69, 9.17) is 14.7 Å². The minimum atomic E-state index is -0.380. The predicted octanol–water partition coefficient (Wildman–Crippen LogP) is 4.92. The standard InChI is InChI=1S/C34H34FN7O3S/c35-28-6-2-1-4-23(28)8-9-24(43)10-11-31(44)41-14-12-40(13-15-41)22-25-20-30-32(46-25)34(42-16-18-45-19-17-42)38-33(37-30)26-5-3-7-29-27(26)21-36-39-29/h1-9,20-21H,10-19,22H2,(H,36,39)/b9-8+. The maximum atomic E-state index is 13.8. The van der Waals surface area contributed by atoms with Gasteiger partial charge in [0.1, 0.15) is 5.82 Å². The van der Waals surface area contributed by atoms with E-state index in [1.807, 2.05) is 29.3 Å². The zero-order valence-corrected chi connectivity index (χ0v) is 26.1. The number of carbonyl (C=O) groups is 2. The molecule has 5 heterocycles. The SMILES string of the molecule is O=C(/C=C/c1ccccc1F)CCC(=O)N1CCN(Cc2cc3nc(-c4cccc5[nH]ncc45)nc(N4CCOCC4)c3s2)CC1. The fourth-order valence-electron chi connectivity index (χ4n) is 5.96. The highest BCUT2D eigenvalue weighted by molar-refractivity contribution is 7.19. The number of H-pyrrole nitrogens is 1. The van der Waals surface area contributed by atoms with E-state index >= 15 is 0 Å². The topological polar surface area (TPSA) is 108 Å². The number of halogens is 1. The second-order valence-electron chi connectivity index (χ2n) is 11.5. The highest BCUT2D eigenvalue weighted by Crippen LogP contribution is 2.36. The van der Waals surface area contributed by atoms with Crippen molar-refractivity contribution in [2.45, 2.75) is 19.4 Å². The van der Waals surface area contributed by atoms with Crippen molar-refractivity contribution in [2.24, 2.45) is 0 Å². The first-order valence-corrected chi connectivity index (χ1v) is 16.3. The third-order valence-electron chi connectivity index (χ3n) is 8.48. The highest BCUT2D eigenvalue weighted by atomic mass is 32.1. The number of thiophene rings is 1. The monoisotopic (exact) mass is 639 g/mol. The zero-order valence-electron chi connectivity index (χ0n) is 25.3. The maximum Gasteiger partial charge on any atom is 0.223 e. The van der Waals surface area contributed by atoms with Crippen LogP contribution in [-0.2, 0) is 20.9 Å². The number of anilines is 1. The van der Waals surface area contributed by atoms with Crippen LogP contribution in [0, 0.1) is 5.82 Å². The number of aromatic amines is 1. The molecule has 2 aliphatic heterocycles. The fraction of sp³-hybridized carbons (Fsp3) is 0.324. The minimum Gasteiger partial charge on any atom is -0.378 e. The lowest BCUT2D eigenvalue weighted by Gasteiger charge is -2.34. The number of nitrogens with one attached hydrogen (secondary N) is 1. The first-order valence-electron chi connectivity index (χ1n) is 15.5. The van der Waals surface area contributed by atoms with Crippen LogP contribution in [0.3, 0.4) is 0 Å². The summed E-state index contributed by atoms with van der Waals surface area (Å²) >= 11 is 1.73. The number of morpholine rings is 1. The molecule has 2 aliphatic rings. The summed E-state index contributed by atoms with van der Waals surface area (Å²) in [4.78, 5) is 43.0. The number of aromatic nitrogens is 4. The maximum absolute atomic E-state index is 13.8.